The molecule has 6 nitrogen and oxygen atoms in total. The Hall–Kier alpha value is -3.54. The number of H-pyrrole nitrogens is 1. The van der Waals surface area contributed by atoms with Crippen LogP contribution in [-0.2, 0) is 17.8 Å². The monoisotopic (exact) mass is 372 g/mol. The fourth-order valence-electron chi connectivity index (χ4n) is 3.35. The Kier molecular flexibility index (Phi) is 4.85. The highest BCUT2D eigenvalue weighted by atomic mass is 16.2. The molecule has 0 bridgehead atoms. The van der Waals surface area contributed by atoms with E-state index in [9.17, 15) is 9.59 Å². The standard InChI is InChI=1S/C22H20N4O2/c1-2-26(14-19-24-18-11-4-3-10-17(18)22(28)25-19)20(27)13-16-8-5-7-15-9-6-12-23-21(15)16/h3-12H,2,13-14H2,1H3,(H,24,25,28). The Labute approximate surface area is 161 Å². The van der Waals surface area contributed by atoms with E-state index in [1.807, 2.05) is 43.3 Å². The third kappa shape index (κ3) is 3.49. The molecule has 0 fully saturated rings. The molecule has 0 saturated heterocycles. The van der Waals surface area contributed by atoms with Gasteiger partial charge in [-0.25, -0.2) is 4.98 Å². The number of carbonyl (C=O) groups excluding carboxylic acids is 1. The van der Waals surface area contributed by atoms with Crippen molar-refractivity contribution in [3.63, 3.8) is 0 Å². The molecular weight excluding hydrogens is 352 g/mol. The van der Waals surface area contributed by atoms with Crippen molar-refractivity contribution in [2.24, 2.45) is 0 Å². The topological polar surface area (TPSA) is 79.0 Å². The average Bonchev–Trinajstić information content (AvgIpc) is 2.72. The molecule has 2 aromatic carbocycles. The molecule has 1 amide bonds. The Balaban J connectivity index is 1.58. The Bertz CT molecular complexity index is 1210. The van der Waals surface area contributed by atoms with Gasteiger partial charge in [0.1, 0.15) is 5.82 Å². The van der Waals surface area contributed by atoms with E-state index in [2.05, 4.69) is 15.0 Å². The van der Waals surface area contributed by atoms with E-state index in [0.717, 1.165) is 16.5 Å². The van der Waals surface area contributed by atoms with Gasteiger partial charge >= 0.3 is 0 Å². The second kappa shape index (κ2) is 7.60. The van der Waals surface area contributed by atoms with E-state index in [4.69, 9.17) is 0 Å². The molecule has 1 N–H and O–H groups in total. The maximum absolute atomic E-state index is 12.9. The summed E-state index contributed by atoms with van der Waals surface area (Å²) in [6, 6.07) is 16.9. The van der Waals surface area contributed by atoms with Gasteiger partial charge in [-0.1, -0.05) is 36.4 Å². The van der Waals surface area contributed by atoms with Gasteiger partial charge in [-0.05, 0) is 30.7 Å². The number of aromatic amines is 1. The zero-order valence-electron chi connectivity index (χ0n) is 15.6. The quantitative estimate of drug-likeness (QED) is 0.584. The second-order valence-corrected chi connectivity index (χ2v) is 6.61. The fraction of sp³-hybridized carbons (Fsp3) is 0.182. The van der Waals surface area contributed by atoms with Crippen molar-refractivity contribution in [3.05, 3.63) is 82.5 Å². The van der Waals surface area contributed by atoms with Crippen molar-refractivity contribution in [2.45, 2.75) is 19.9 Å². The molecule has 0 radical (unpaired) electrons. The molecule has 0 atom stereocenters. The predicted molar refractivity (Wildman–Crippen MR) is 109 cm³/mol. The van der Waals surface area contributed by atoms with Gasteiger partial charge in [-0.3, -0.25) is 14.6 Å². The number of benzene rings is 2. The van der Waals surface area contributed by atoms with Gasteiger partial charge in [-0.2, -0.15) is 0 Å². The van der Waals surface area contributed by atoms with E-state index in [0.29, 0.717) is 23.3 Å². The number of amides is 1. The number of fused-ring (bicyclic) bond motifs is 2. The van der Waals surface area contributed by atoms with Gasteiger partial charge in [0, 0.05) is 18.1 Å². The van der Waals surface area contributed by atoms with E-state index >= 15 is 0 Å². The van der Waals surface area contributed by atoms with Crippen molar-refractivity contribution in [1.29, 1.82) is 0 Å². The molecule has 0 aliphatic rings. The molecule has 4 aromatic rings. The van der Waals surface area contributed by atoms with Crippen LogP contribution in [0.15, 0.2) is 65.6 Å². The number of aromatic nitrogens is 3. The predicted octanol–water partition coefficient (Wildman–Crippen LogP) is 3.06. The van der Waals surface area contributed by atoms with Gasteiger partial charge in [0.05, 0.1) is 29.4 Å². The molecule has 28 heavy (non-hydrogen) atoms. The fourth-order valence-corrected chi connectivity index (χ4v) is 3.35. The largest absolute Gasteiger partial charge is 0.335 e. The summed E-state index contributed by atoms with van der Waals surface area (Å²) in [5.41, 5.74) is 2.17. The molecule has 6 heteroatoms. The minimum Gasteiger partial charge on any atom is -0.335 e. The first-order valence-corrected chi connectivity index (χ1v) is 9.24. The first-order chi connectivity index (χ1) is 13.7. The van der Waals surface area contributed by atoms with E-state index in [1.165, 1.54) is 0 Å². The highest BCUT2D eigenvalue weighted by Gasteiger charge is 2.16. The normalized spacial score (nSPS) is 11.0. The van der Waals surface area contributed by atoms with E-state index in [-0.39, 0.29) is 24.4 Å². The van der Waals surface area contributed by atoms with Crippen LogP contribution >= 0.6 is 0 Å². The number of likely N-dealkylation sites (N-methyl/N-ethyl adjacent to an activating group) is 1. The number of nitrogens with one attached hydrogen (secondary N) is 1. The second-order valence-electron chi connectivity index (χ2n) is 6.61. The third-order valence-corrected chi connectivity index (χ3v) is 4.79. The summed E-state index contributed by atoms with van der Waals surface area (Å²) in [4.78, 5) is 38.6. The molecule has 140 valence electrons. The van der Waals surface area contributed by atoms with Gasteiger partial charge in [0.15, 0.2) is 0 Å². The van der Waals surface area contributed by atoms with Crippen molar-refractivity contribution in [2.75, 3.05) is 6.54 Å². The summed E-state index contributed by atoms with van der Waals surface area (Å²) >= 11 is 0. The first-order valence-electron chi connectivity index (χ1n) is 9.24. The number of rotatable bonds is 5. The molecule has 0 saturated carbocycles. The smallest absolute Gasteiger partial charge is 0.258 e. The van der Waals surface area contributed by atoms with Gasteiger partial charge in [0.25, 0.3) is 5.56 Å². The lowest BCUT2D eigenvalue weighted by molar-refractivity contribution is -0.130. The Morgan fingerprint density at radius 3 is 2.75 bits per heavy atom. The number of carbonyl (C=O) groups is 1. The van der Waals surface area contributed by atoms with E-state index in [1.54, 1.807) is 29.3 Å². The highest BCUT2D eigenvalue weighted by Crippen LogP contribution is 2.17. The lowest BCUT2D eigenvalue weighted by Crippen LogP contribution is -2.33. The molecule has 0 aliphatic carbocycles. The van der Waals surface area contributed by atoms with Crippen LogP contribution in [0.1, 0.15) is 18.3 Å². The lowest BCUT2D eigenvalue weighted by atomic mass is 10.1. The van der Waals surface area contributed by atoms with Crippen LogP contribution in [0.4, 0.5) is 0 Å². The van der Waals surface area contributed by atoms with Gasteiger partial charge in [0.2, 0.25) is 5.91 Å². The van der Waals surface area contributed by atoms with Crippen LogP contribution in [0.25, 0.3) is 21.8 Å². The van der Waals surface area contributed by atoms with Crippen LogP contribution in [0.3, 0.4) is 0 Å². The number of para-hydroxylation sites is 2. The van der Waals surface area contributed by atoms with E-state index < -0.39 is 0 Å². The lowest BCUT2D eigenvalue weighted by Gasteiger charge is -2.20. The Morgan fingerprint density at radius 2 is 1.89 bits per heavy atom. The minimum atomic E-state index is -0.192. The maximum Gasteiger partial charge on any atom is 0.258 e. The average molecular weight is 372 g/mol. The van der Waals surface area contributed by atoms with Crippen LogP contribution in [-0.4, -0.2) is 32.3 Å². The summed E-state index contributed by atoms with van der Waals surface area (Å²) in [7, 11) is 0. The van der Waals surface area contributed by atoms with Crippen LogP contribution in [0.2, 0.25) is 0 Å². The van der Waals surface area contributed by atoms with Crippen LogP contribution < -0.4 is 5.56 Å². The summed E-state index contributed by atoms with van der Waals surface area (Å²) in [6.07, 6.45) is 1.98. The number of pyridine rings is 1. The highest BCUT2D eigenvalue weighted by molar-refractivity contribution is 5.87. The molecule has 4 rings (SSSR count). The van der Waals surface area contributed by atoms with Crippen molar-refractivity contribution in [1.82, 2.24) is 19.9 Å². The van der Waals surface area contributed by atoms with Crippen LogP contribution in [0, 0.1) is 0 Å². The van der Waals surface area contributed by atoms with Gasteiger partial charge < -0.3 is 9.88 Å². The summed E-state index contributed by atoms with van der Waals surface area (Å²) in [6.45, 7) is 2.69. The number of hydrogen-bond donors (Lipinski definition) is 1. The summed E-state index contributed by atoms with van der Waals surface area (Å²) in [5.74, 6) is 0.450. The number of nitrogens with zero attached hydrogens (tertiary/aromatic N) is 3. The molecule has 0 spiro atoms. The molecule has 0 aliphatic heterocycles. The van der Waals surface area contributed by atoms with Crippen LogP contribution in [0.5, 0.6) is 0 Å². The molecular formula is C22H20N4O2. The molecule has 2 aromatic heterocycles. The zero-order chi connectivity index (χ0) is 19.5. The van der Waals surface area contributed by atoms with Crippen molar-refractivity contribution < 1.29 is 4.79 Å². The first kappa shape index (κ1) is 17.9. The van der Waals surface area contributed by atoms with Crippen molar-refractivity contribution >= 4 is 27.7 Å². The minimum absolute atomic E-state index is 0.0311. The summed E-state index contributed by atoms with van der Waals surface area (Å²) < 4.78 is 0. The molecule has 2 heterocycles. The summed E-state index contributed by atoms with van der Waals surface area (Å²) in [5, 5.41) is 1.55. The van der Waals surface area contributed by atoms with Crippen molar-refractivity contribution in [3.8, 4) is 0 Å². The SMILES string of the molecule is CCN(Cc1nc2ccccc2c(=O)[nH]1)C(=O)Cc1cccc2cccnc12. The Morgan fingerprint density at radius 1 is 1.07 bits per heavy atom. The zero-order valence-corrected chi connectivity index (χ0v) is 15.6. The molecule has 0 unspecified atom stereocenters. The number of hydrogen-bond acceptors (Lipinski definition) is 4. The maximum atomic E-state index is 12.9. The third-order valence-electron chi connectivity index (χ3n) is 4.79. The van der Waals surface area contributed by atoms with Gasteiger partial charge in [-0.15, -0.1) is 0 Å².